The van der Waals surface area contributed by atoms with Crippen LogP contribution >= 0.6 is 11.6 Å². The predicted octanol–water partition coefficient (Wildman–Crippen LogP) is 0.631. The second-order valence-corrected chi connectivity index (χ2v) is 3.60. The van der Waals surface area contributed by atoms with Gasteiger partial charge < -0.3 is 15.3 Å². The maximum Gasteiger partial charge on any atom is 0.335 e. The van der Waals surface area contributed by atoms with Crippen LogP contribution in [-0.2, 0) is 4.79 Å². The van der Waals surface area contributed by atoms with Crippen molar-refractivity contribution in [2.75, 3.05) is 0 Å². The highest BCUT2D eigenvalue weighted by atomic mass is 35.5. The molecule has 16 heavy (non-hydrogen) atoms. The fraction of sp³-hybridized carbons (Fsp3) is 0.200. The maximum atomic E-state index is 10.5. The topological polar surface area (TPSA) is 94.8 Å². The number of halogens is 1. The van der Waals surface area contributed by atoms with Crippen molar-refractivity contribution in [3.8, 4) is 0 Å². The fourth-order valence-corrected chi connectivity index (χ4v) is 1.44. The number of benzene rings is 1. The van der Waals surface area contributed by atoms with E-state index in [0.29, 0.717) is 6.29 Å². The molecule has 2 unspecified atom stereocenters. The lowest BCUT2D eigenvalue weighted by molar-refractivity contribution is -0.153. The highest BCUT2D eigenvalue weighted by Crippen LogP contribution is 2.22. The molecule has 0 aliphatic rings. The molecule has 0 saturated carbocycles. The third kappa shape index (κ3) is 2.79. The van der Waals surface area contributed by atoms with Crippen molar-refractivity contribution < 1.29 is 24.9 Å². The number of rotatable bonds is 4. The summed E-state index contributed by atoms with van der Waals surface area (Å²) in [6, 6.07) is 3.90. The smallest absolute Gasteiger partial charge is 0.335 e. The molecule has 1 rings (SSSR count). The van der Waals surface area contributed by atoms with E-state index >= 15 is 0 Å². The maximum absolute atomic E-state index is 10.5. The van der Waals surface area contributed by atoms with Gasteiger partial charge in [-0.05, 0) is 23.8 Å². The Morgan fingerprint density at radius 3 is 2.44 bits per heavy atom. The fourth-order valence-electron chi connectivity index (χ4n) is 1.19. The van der Waals surface area contributed by atoms with Crippen LogP contribution in [-0.4, -0.2) is 33.7 Å². The molecule has 0 aliphatic carbocycles. The summed E-state index contributed by atoms with van der Waals surface area (Å²) in [4.78, 5) is 21.0. The third-order valence-corrected chi connectivity index (χ3v) is 2.19. The molecule has 0 spiro atoms. The number of hydrogen-bond donors (Lipinski definition) is 3. The first-order valence-electron chi connectivity index (χ1n) is 4.30. The van der Waals surface area contributed by atoms with E-state index in [9.17, 15) is 14.7 Å². The van der Waals surface area contributed by atoms with Crippen molar-refractivity contribution in [2.24, 2.45) is 0 Å². The van der Waals surface area contributed by atoms with E-state index in [4.69, 9.17) is 21.8 Å². The van der Waals surface area contributed by atoms with E-state index < -0.39 is 18.2 Å². The lowest BCUT2D eigenvalue weighted by atomic mass is 10.0. The quantitative estimate of drug-likeness (QED) is 0.676. The van der Waals surface area contributed by atoms with Gasteiger partial charge in [0.2, 0.25) is 0 Å². The zero-order valence-electron chi connectivity index (χ0n) is 8.00. The summed E-state index contributed by atoms with van der Waals surface area (Å²) >= 11 is 5.66. The first-order valence-corrected chi connectivity index (χ1v) is 4.68. The molecule has 1 aromatic carbocycles. The summed E-state index contributed by atoms with van der Waals surface area (Å²) < 4.78 is 0. The molecule has 5 nitrogen and oxygen atoms in total. The van der Waals surface area contributed by atoms with Crippen LogP contribution in [0.4, 0.5) is 0 Å². The zero-order valence-corrected chi connectivity index (χ0v) is 8.76. The summed E-state index contributed by atoms with van der Waals surface area (Å²) in [6.07, 6.45) is -3.08. The van der Waals surface area contributed by atoms with Crippen LogP contribution in [0.5, 0.6) is 0 Å². The van der Waals surface area contributed by atoms with Crippen LogP contribution in [0.3, 0.4) is 0 Å². The van der Waals surface area contributed by atoms with E-state index in [1.54, 1.807) is 0 Å². The molecule has 6 heteroatoms. The first kappa shape index (κ1) is 12.6. The molecule has 0 aromatic heterocycles. The van der Waals surface area contributed by atoms with Crippen molar-refractivity contribution in [3.63, 3.8) is 0 Å². The second kappa shape index (κ2) is 5.07. The van der Waals surface area contributed by atoms with Crippen molar-refractivity contribution in [3.05, 3.63) is 34.3 Å². The summed E-state index contributed by atoms with van der Waals surface area (Å²) in [7, 11) is 0. The number of aldehydes is 1. The number of carbonyl (C=O) groups is 2. The molecule has 0 radical (unpaired) electrons. The molecular formula is C10H9ClO5. The van der Waals surface area contributed by atoms with Crippen molar-refractivity contribution >= 4 is 23.9 Å². The molecule has 0 heterocycles. The van der Waals surface area contributed by atoms with Gasteiger partial charge in [-0.3, -0.25) is 4.79 Å². The number of carbonyl (C=O) groups excluding carboxylic acids is 1. The SMILES string of the molecule is O=Cc1cc(Cl)cc(C(O)C(O)C(=O)O)c1. The van der Waals surface area contributed by atoms with Gasteiger partial charge in [0.1, 0.15) is 12.4 Å². The van der Waals surface area contributed by atoms with Gasteiger partial charge in [-0.15, -0.1) is 0 Å². The Morgan fingerprint density at radius 1 is 1.31 bits per heavy atom. The summed E-state index contributed by atoms with van der Waals surface area (Å²) in [6.45, 7) is 0. The van der Waals surface area contributed by atoms with Gasteiger partial charge in [0.15, 0.2) is 6.10 Å². The van der Waals surface area contributed by atoms with Gasteiger partial charge in [-0.1, -0.05) is 11.6 Å². The lowest BCUT2D eigenvalue weighted by Gasteiger charge is -2.14. The molecule has 0 aliphatic heterocycles. The van der Waals surface area contributed by atoms with Gasteiger partial charge in [0, 0.05) is 10.6 Å². The molecule has 0 saturated heterocycles. The summed E-state index contributed by atoms with van der Waals surface area (Å²) in [5.41, 5.74) is 0.267. The zero-order chi connectivity index (χ0) is 12.3. The van der Waals surface area contributed by atoms with E-state index in [2.05, 4.69) is 0 Å². The Hall–Kier alpha value is -1.43. The summed E-state index contributed by atoms with van der Waals surface area (Å²) in [5.74, 6) is -1.56. The molecule has 2 atom stereocenters. The average Bonchev–Trinajstić information content (AvgIpc) is 2.25. The van der Waals surface area contributed by atoms with Crippen molar-refractivity contribution in [2.45, 2.75) is 12.2 Å². The molecule has 1 aromatic rings. The second-order valence-electron chi connectivity index (χ2n) is 3.16. The standard InChI is InChI=1S/C10H9ClO5/c11-7-2-5(4-12)1-6(3-7)8(13)9(14)10(15)16/h1-4,8-9,13-14H,(H,15,16). The Kier molecular flexibility index (Phi) is 4.00. The Labute approximate surface area is 95.9 Å². The molecule has 0 bridgehead atoms. The number of carboxylic acid groups (broad SMARTS) is 1. The van der Waals surface area contributed by atoms with E-state index in [1.165, 1.54) is 18.2 Å². The first-order chi connectivity index (χ1) is 7.45. The minimum atomic E-state index is -1.96. The number of hydrogen-bond acceptors (Lipinski definition) is 4. The highest BCUT2D eigenvalue weighted by Gasteiger charge is 2.25. The Balaban J connectivity index is 3.07. The predicted molar refractivity (Wildman–Crippen MR) is 55.4 cm³/mol. The number of aliphatic hydroxyl groups is 2. The van der Waals surface area contributed by atoms with Gasteiger partial charge >= 0.3 is 5.97 Å². The van der Waals surface area contributed by atoms with Gasteiger partial charge in [-0.25, -0.2) is 4.79 Å². The minimum Gasteiger partial charge on any atom is -0.479 e. The van der Waals surface area contributed by atoms with Crippen LogP contribution < -0.4 is 0 Å². The van der Waals surface area contributed by atoms with Crippen molar-refractivity contribution in [1.82, 2.24) is 0 Å². The van der Waals surface area contributed by atoms with Crippen LogP contribution in [0.25, 0.3) is 0 Å². The van der Waals surface area contributed by atoms with Crippen molar-refractivity contribution in [1.29, 1.82) is 0 Å². The number of aliphatic hydroxyl groups excluding tert-OH is 2. The molecule has 3 N–H and O–H groups in total. The Bertz CT molecular complexity index is 418. The average molecular weight is 245 g/mol. The number of aliphatic carboxylic acids is 1. The van der Waals surface area contributed by atoms with E-state index in [-0.39, 0.29) is 16.1 Å². The van der Waals surface area contributed by atoms with Crippen LogP contribution in [0.15, 0.2) is 18.2 Å². The molecule has 0 amide bonds. The van der Waals surface area contributed by atoms with Crippen LogP contribution in [0, 0.1) is 0 Å². The lowest BCUT2D eigenvalue weighted by Crippen LogP contribution is -2.27. The minimum absolute atomic E-state index is 0.0736. The van der Waals surface area contributed by atoms with Gasteiger partial charge in [0.05, 0.1) is 0 Å². The summed E-state index contributed by atoms with van der Waals surface area (Å²) in [5, 5.41) is 27.3. The van der Waals surface area contributed by atoms with Crippen LogP contribution in [0.2, 0.25) is 5.02 Å². The Morgan fingerprint density at radius 2 is 1.94 bits per heavy atom. The highest BCUT2D eigenvalue weighted by molar-refractivity contribution is 6.30. The third-order valence-electron chi connectivity index (χ3n) is 1.97. The monoisotopic (exact) mass is 244 g/mol. The largest absolute Gasteiger partial charge is 0.479 e. The molecule has 0 fully saturated rings. The normalized spacial score (nSPS) is 14.2. The van der Waals surface area contributed by atoms with E-state index in [1.807, 2.05) is 0 Å². The number of carboxylic acids is 1. The van der Waals surface area contributed by atoms with E-state index in [0.717, 1.165) is 0 Å². The van der Waals surface area contributed by atoms with Gasteiger partial charge in [-0.2, -0.15) is 0 Å². The molecular weight excluding hydrogens is 236 g/mol. The van der Waals surface area contributed by atoms with Crippen LogP contribution in [0.1, 0.15) is 22.0 Å². The molecule has 86 valence electrons. The van der Waals surface area contributed by atoms with Gasteiger partial charge in [0.25, 0.3) is 0 Å².